The Labute approximate surface area is 160 Å². The second-order valence-corrected chi connectivity index (χ2v) is 7.21. The standard InChI is InChI=1S/C24H24O3/c1-24(16-14-19(25)17-24)15-8-7-10-18-9-3-4-11-20(18)21-12-5-6-13-22(21)23(26)27-2/h3-13,15H,14,16-17H2,1-2H3/b10-7+,15-8+. The molecule has 2 aromatic rings. The molecule has 1 saturated carbocycles. The highest BCUT2D eigenvalue weighted by Crippen LogP contribution is 2.36. The maximum Gasteiger partial charge on any atom is 0.338 e. The summed E-state index contributed by atoms with van der Waals surface area (Å²) in [5.74, 6) is -0.000929. The van der Waals surface area contributed by atoms with E-state index in [9.17, 15) is 9.59 Å². The van der Waals surface area contributed by atoms with Crippen LogP contribution in [-0.4, -0.2) is 18.9 Å². The van der Waals surface area contributed by atoms with Crippen LogP contribution in [0.2, 0.25) is 0 Å². The van der Waals surface area contributed by atoms with Gasteiger partial charge in [-0.3, -0.25) is 4.79 Å². The van der Waals surface area contributed by atoms with Crippen molar-refractivity contribution in [1.82, 2.24) is 0 Å². The van der Waals surface area contributed by atoms with Crippen LogP contribution < -0.4 is 0 Å². The second kappa shape index (κ2) is 8.17. The van der Waals surface area contributed by atoms with Crippen molar-refractivity contribution in [3.05, 3.63) is 77.9 Å². The lowest BCUT2D eigenvalue weighted by molar-refractivity contribution is -0.117. The second-order valence-electron chi connectivity index (χ2n) is 7.21. The molecule has 138 valence electrons. The number of carbonyl (C=O) groups excluding carboxylic acids is 2. The van der Waals surface area contributed by atoms with Gasteiger partial charge in [0.2, 0.25) is 0 Å². The van der Waals surface area contributed by atoms with Gasteiger partial charge >= 0.3 is 5.97 Å². The molecular formula is C24H24O3. The lowest BCUT2D eigenvalue weighted by atomic mass is 9.88. The predicted molar refractivity (Wildman–Crippen MR) is 108 cm³/mol. The summed E-state index contributed by atoms with van der Waals surface area (Å²) in [7, 11) is 1.39. The first-order valence-corrected chi connectivity index (χ1v) is 9.17. The number of rotatable bonds is 5. The van der Waals surface area contributed by atoms with Gasteiger partial charge in [-0.2, -0.15) is 0 Å². The van der Waals surface area contributed by atoms with Crippen molar-refractivity contribution in [2.75, 3.05) is 7.11 Å². The summed E-state index contributed by atoms with van der Waals surface area (Å²) in [6, 6.07) is 15.4. The molecule has 0 aliphatic heterocycles. The number of benzene rings is 2. The first-order valence-electron chi connectivity index (χ1n) is 9.17. The molecule has 0 spiro atoms. The maximum atomic E-state index is 12.1. The summed E-state index contributed by atoms with van der Waals surface area (Å²) < 4.78 is 4.92. The van der Waals surface area contributed by atoms with Crippen LogP contribution in [0.4, 0.5) is 0 Å². The van der Waals surface area contributed by atoms with Crippen molar-refractivity contribution in [2.24, 2.45) is 5.41 Å². The first-order chi connectivity index (χ1) is 13.0. The quantitative estimate of drug-likeness (QED) is 0.524. The summed E-state index contributed by atoms with van der Waals surface area (Å²) in [6.45, 7) is 2.13. The van der Waals surface area contributed by atoms with Gasteiger partial charge in [0, 0.05) is 12.8 Å². The average molecular weight is 360 g/mol. The zero-order chi connectivity index (χ0) is 19.3. The van der Waals surface area contributed by atoms with E-state index < -0.39 is 0 Å². The zero-order valence-corrected chi connectivity index (χ0v) is 15.8. The summed E-state index contributed by atoms with van der Waals surface area (Å²) in [6.07, 6.45) is 10.4. The van der Waals surface area contributed by atoms with Crippen LogP contribution in [0.15, 0.2) is 66.8 Å². The van der Waals surface area contributed by atoms with Crippen molar-refractivity contribution in [3.63, 3.8) is 0 Å². The van der Waals surface area contributed by atoms with E-state index in [1.54, 1.807) is 6.07 Å². The number of methoxy groups -OCH3 is 1. The number of ketones is 1. The van der Waals surface area contributed by atoms with Gasteiger partial charge in [0.05, 0.1) is 12.7 Å². The Hall–Kier alpha value is -2.94. The van der Waals surface area contributed by atoms with E-state index in [1.165, 1.54) is 7.11 Å². The molecule has 1 aliphatic rings. The van der Waals surface area contributed by atoms with E-state index in [2.05, 4.69) is 13.0 Å². The van der Waals surface area contributed by atoms with E-state index in [1.807, 2.05) is 60.7 Å². The Balaban J connectivity index is 1.87. The average Bonchev–Trinajstić information content (AvgIpc) is 3.04. The van der Waals surface area contributed by atoms with Crippen LogP contribution in [0, 0.1) is 5.41 Å². The molecule has 27 heavy (non-hydrogen) atoms. The largest absolute Gasteiger partial charge is 0.465 e. The van der Waals surface area contributed by atoms with Gasteiger partial charge in [0.25, 0.3) is 0 Å². The third kappa shape index (κ3) is 4.43. The van der Waals surface area contributed by atoms with Crippen molar-refractivity contribution in [3.8, 4) is 11.1 Å². The molecule has 3 nitrogen and oxygen atoms in total. The molecule has 0 heterocycles. The smallest absolute Gasteiger partial charge is 0.338 e. The van der Waals surface area contributed by atoms with E-state index in [0.29, 0.717) is 24.2 Å². The Morgan fingerprint density at radius 3 is 2.44 bits per heavy atom. The number of Topliss-reactive ketones (excluding diaryl/α,β-unsaturated/α-hetero) is 1. The minimum absolute atomic E-state index is 0.0293. The molecule has 0 N–H and O–H groups in total. The van der Waals surface area contributed by atoms with Gasteiger partial charge in [-0.05, 0) is 34.6 Å². The Kier molecular flexibility index (Phi) is 5.70. The molecule has 0 bridgehead atoms. The van der Waals surface area contributed by atoms with Gasteiger partial charge in [-0.1, -0.05) is 73.7 Å². The lowest BCUT2D eigenvalue weighted by Crippen LogP contribution is -2.07. The van der Waals surface area contributed by atoms with Crippen molar-refractivity contribution in [2.45, 2.75) is 26.2 Å². The topological polar surface area (TPSA) is 43.4 Å². The van der Waals surface area contributed by atoms with Crippen molar-refractivity contribution in [1.29, 1.82) is 0 Å². The molecule has 0 radical (unpaired) electrons. The molecule has 1 fully saturated rings. The molecular weight excluding hydrogens is 336 g/mol. The molecule has 3 heteroatoms. The molecule has 0 saturated heterocycles. The van der Waals surface area contributed by atoms with E-state index in [4.69, 9.17) is 4.74 Å². The molecule has 3 rings (SSSR count). The van der Waals surface area contributed by atoms with Gasteiger partial charge in [0.15, 0.2) is 0 Å². The number of allylic oxidation sites excluding steroid dienone is 3. The highest BCUT2D eigenvalue weighted by Gasteiger charge is 2.31. The fourth-order valence-electron chi connectivity index (χ4n) is 3.54. The van der Waals surface area contributed by atoms with Gasteiger partial charge in [0.1, 0.15) is 5.78 Å². The molecule has 1 atom stereocenters. The highest BCUT2D eigenvalue weighted by molar-refractivity contribution is 5.98. The highest BCUT2D eigenvalue weighted by atomic mass is 16.5. The molecule has 1 aliphatic carbocycles. The fourth-order valence-corrected chi connectivity index (χ4v) is 3.54. The Bertz CT molecular complexity index is 907. The van der Waals surface area contributed by atoms with Gasteiger partial charge in [-0.15, -0.1) is 0 Å². The number of carbonyl (C=O) groups is 2. The van der Waals surface area contributed by atoms with Crippen LogP contribution in [0.3, 0.4) is 0 Å². The van der Waals surface area contributed by atoms with Crippen molar-refractivity contribution >= 4 is 17.8 Å². The van der Waals surface area contributed by atoms with Crippen LogP contribution in [0.5, 0.6) is 0 Å². The fraction of sp³-hybridized carbons (Fsp3) is 0.250. The van der Waals surface area contributed by atoms with Crippen LogP contribution in [-0.2, 0) is 9.53 Å². The summed E-state index contributed by atoms with van der Waals surface area (Å²) in [5.41, 5.74) is 3.37. The number of ether oxygens (including phenoxy) is 1. The van der Waals surface area contributed by atoms with Crippen molar-refractivity contribution < 1.29 is 14.3 Å². The summed E-state index contributed by atoms with van der Waals surface area (Å²) >= 11 is 0. The number of hydrogen-bond donors (Lipinski definition) is 0. The molecule has 0 aromatic heterocycles. The SMILES string of the molecule is COC(=O)c1ccccc1-c1ccccc1/C=C/C=C/C1(C)CCC(=O)C1. The molecule has 2 aromatic carbocycles. The van der Waals surface area contributed by atoms with Gasteiger partial charge < -0.3 is 4.74 Å². The normalized spacial score (nSPS) is 19.9. The first kappa shape index (κ1) is 18.8. The minimum Gasteiger partial charge on any atom is -0.465 e. The molecule has 1 unspecified atom stereocenters. The zero-order valence-electron chi connectivity index (χ0n) is 15.8. The van der Waals surface area contributed by atoms with E-state index in [-0.39, 0.29) is 11.4 Å². The Morgan fingerprint density at radius 1 is 1.04 bits per heavy atom. The monoisotopic (exact) mass is 360 g/mol. The maximum absolute atomic E-state index is 12.1. The number of esters is 1. The van der Waals surface area contributed by atoms with E-state index in [0.717, 1.165) is 23.1 Å². The third-order valence-electron chi connectivity index (χ3n) is 5.04. The van der Waals surface area contributed by atoms with Crippen LogP contribution in [0.1, 0.15) is 42.1 Å². The van der Waals surface area contributed by atoms with Gasteiger partial charge in [-0.25, -0.2) is 4.79 Å². The lowest BCUT2D eigenvalue weighted by Gasteiger charge is -2.16. The van der Waals surface area contributed by atoms with Crippen LogP contribution >= 0.6 is 0 Å². The van der Waals surface area contributed by atoms with E-state index >= 15 is 0 Å². The predicted octanol–water partition coefficient (Wildman–Crippen LogP) is 5.47. The third-order valence-corrected chi connectivity index (χ3v) is 5.04. The number of hydrogen-bond acceptors (Lipinski definition) is 3. The van der Waals surface area contributed by atoms with Crippen LogP contribution in [0.25, 0.3) is 17.2 Å². The molecule has 0 amide bonds. The summed E-state index contributed by atoms with van der Waals surface area (Å²) in [5, 5.41) is 0. The minimum atomic E-state index is -0.344. The Morgan fingerprint density at radius 2 is 1.74 bits per heavy atom. The summed E-state index contributed by atoms with van der Waals surface area (Å²) in [4.78, 5) is 23.6.